The molecular formula is C13H18N4O3. The molecule has 20 heavy (non-hydrogen) atoms. The van der Waals surface area contributed by atoms with E-state index in [0.717, 1.165) is 26.2 Å². The molecule has 1 aromatic carbocycles. The van der Waals surface area contributed by atoms with Gasteiger partial charge in [0, 0.05) is 44.9 Å². The molecular weight excluding hydrogens is 260 g/mol. The first-order chi connectivity index (χ1) is 9.47. The number of hydrogen-bond donors (Lipinski definition) is 1. The number of hydrogen-bond acceptors (Lipinski definition) is 5. The van der Waals surface area contributed by atoms with Gasteiger partial charge in [-0.15, -0.1) is 0 Å². The lowest BCUT2D eigenvalue weighted by atomic mass is 10.2. The van der Waals surface area contributed by atoms with Gasteiger partial charge >= 0.3 is 0 Å². The van der Waals surface area contributed by atoms with E-state index in [1.165, 1.54) is 13.0 Å². The molecule has 1 heterocycles. The molecule has 0 unspecified atom stereocenters. The van der Waals surface area contributed by atoms with Gasteiger partial charge in [0.25, 0.3) is 5.69 Å². The summed E-state index contributed by atoms with van der Waals surface area (Å²) in [6, 6.07) is 4.81. The number of amides is 1. The first-order valence-corrected chi connectivity index (χ1v) is 6.47. The van der Waals surface area contributed by atoms with Crippen LogP contribution in [0.3, 0.4) is 0 Å². The number of benzene rings is 1. The second-order valence-corrected chi connectivity index (χ2v) is 4.93. The van der Waals surface area contributed by atoms with Gasteiger partial charge in [-0.25, -0.2) is 0 Å². The number of piperazine rings is 1. The average molecular weight is 278 g/mol. The van der Waals surface area contributed by atoms with Gasteiger partial charge < -0.3 is 15.1 Å². The van der Waals surface area contributed by atoms with Crippen LogP contribution in [0, 0.1) is 10.1 Å². The lowest BCUT2D eigenvalue weighted by Gasteiger charge is -2.33. The highest BCUT2D eigenvalue weighted by atomic mass is 16.6. The van der Waals surface area contributed by atoms with Gasteiger partial charge in [-0.1, -0.05) is 0 Å². The topological polar surface area (TPSA) is 78.7 Å². The number of nitrogens with zero attached hydrogens (tertiary/aromatic N) is 3. The minimum atomic E-state index is -0.404. The Balaban J connectivity index is 2.28. The zero-order valence-electron chi connectivity index (χ0n) is 11.6. The molecule has 0 radical (unpaired) electrons. The van der Waals surface area contributed by atoms with E-state index >= 15 is 0 Å². The molecule has 0 aromatic heterocycles. The maximum absolute atomic E-state index is 11.2. The molecule has 1 amide bonds. The number of likely N-dealkylation sites (N-methyl/N-ethyl adjacent to an activating group) is 1. The predicted molar refractivity (Wildman–Crippen MR) is 77.1 cm³/mol. The highest BCUT2D eigenvalue weighted by Crippen LogP contribution is 2.31. The maximum Gasteiger partial charge on any atom is 0.294 e. The summed E-state index contributed by atoms with van der Waals surface area (Å²) in [5.41, 5.74) is 1.08. The molecule has 2 rings (SSSR count). The summed E-state index contributed by atoms with van der Waals surface area (Å²) < 4.78 is 0. The number of nitrogens with one attached hydrogen (secondary N) is 1. The SMILES string of the molecule is CC(=O)Nc1ccc(N2CCN(C)CC2)c([N+](=O)[O-])c1. The Morgan fingerprint density at radius 1 is 1.30 bits per heavy atom. The van der Waals surface area contributed by atoms with Crippen molar-refractivity contribution < 1.29 is 9.72 Å². The first-order valence-electron chi connectivity index (χ1n) is 6.47. The van der Waals surface area contributed by atoms with Crippen LogP contribution in [0.1, 0.15) is 6.92 Å². The molecule has 7 nitrogen and oxygen atoms in total. The lowest BCUT2D eigenvalue weighted by molar-refractivity contribution is -0.384. The van der Waals surface area contributed by atoms with Crippen molar-refractivity contribution in [1.29, 1.82) is 0 Å². The van der Waals surface area contributed by atoms with Crippen LogP contribution in [0.4, 0.5) is 17.1 Å². The van der Waals surface area contributed by atoms with E-state index < -0.39 is 4.92 Å². The molecule has 1 fully saturated rings. The van der Waals surface area contributed by atoms with Crippen molar-refractivity contribution in [3.05, 3.63) is 28.3 Å². The van der Waals surface area contributed by atoms with Crippen LogP contribution in [0.25, 0.3) is 0 Å². The van der Waals surface area contributed by atoms with Crippen LogP contribution in [0.5, 0.6) is 0 Å². The molecule has 108 valence electrons. The van der Waals surface area contributed by atoms with Crippen molar-refractivity contribution in [3.8, 4) is 0 Å². The van der Waals surface area contributed by atoms with E-state index in [2.05, 4.69) is 10.2 Å². The number of carbonyl (C=O) groups is 1. The van der Waals surface area contributed by atoms with Gasteiger partial charge in [0.05, 0.1) is 4.92 Å². The number of rotatable bonds is 3. The smallest absolute Gasteiger partial charge is 0.294 e. The van der Waals surface area contributed by atoms with Crippen molar-refractivity contribution in [3.63, 3.8) is 0 Å². The van der Waals surface area contributed by atoms with Crippen LogP contribution in [-0.4, -0.2) is 49.0 Å². The van der Waals surface area contributed by atoms with Crippen LogP contribution < -0.4 is 10.2 Å². The number of nitro groups is 1. The van der Waals surface area contributed by atoms with E-state index in [4.69, 9.17) is 0 Å². The molecule has 0 bridgehead atoms. The van der Waals surface area contributed by atoms with Gasteiger partial charge in [-0.2, -0.15) is 0 Å². The molecule has 1 aliphatic rings. The Morgan fingerprint density at radius 3 is 2.50 bits per heavy atom. The van der Waals surface area contributed by atoms with Crippen LogP contribution >= 0.6 is 0 Å². The van der Waals surface area contributed by atoms with Gasteiger partial charge in [0.15, 0.2) is 0 Å². The monoisotopic (exact) mass is 278 g/mol. The second-order valence-electron chi connectivity index (χ2n) is 4.93. The Bertz CT molecular complexity index is 524. The molecule has 0 spiro atoms. The number of carbonyl (C=O) groups excluding carboxylic acids is 1. The third-order valence-electron chi connectivity index (χ3n) is 3.34. The molecule has 1 aromatic rings. The molecule has 1 saturated heterocycles. The molecule has 0 saturated carbocycles. The zero-order chi connectivity index (χ0) is 14.7. The Morgan fingerprint density at radius 2 is 1.95 bits per heavy atom. The molecule has 1 N–H and O–H groups in total. The van der Waals surface area contributed by atoms with E-state index in [9.17, 15) is 14.9 Å². The van der Waals surface area contributed by atoms with E-state index in [-0.39, 0.29) is 11.6 Å². The largest absolute Gasteiger partial charge is 0.363 e. The van der Waals surface area contributed by atoms with Crippen molar-refractivity contribution in [2.75, 3.05) is 43.4 Å². The summed E-state index contributed by atoms with van der Waals surface area (Å²) >= 11 is 0. The fraction of sp³-hybridized carbons (Fsp3) is 0.462. The summed E-state index contributed by atoms with van der Waals surface area (Å²) in [6.07, 6.45) is 0. The Kier molecular flexibility index (Phi) is 4.19. The fourth-order valence-electron chi connectivity index (χ4n) is 2.27. The van der Waals surface area contributed by atoms with Gasteiger partial charge in [-0.05, 0) is 19.2 Å². The maximum atomic E-state index is 11.2. The summed E-state index contributed by atoms with van der Waals surface area (Å²) in [7, 11) is 2.03. The van der Waals surface area contributed by atoms with Crippen molar-refractivity contribution >= 4 is 23.0 Å². The molecule has 7 heteroatoms. The Hall–Kier alpha value is -2.15. The molecule has 0 atom stereocenters. The van der Waals surface area contributed by atoms with Crippen LogP contribution in [0.15, 0.2) is 18.2 Å². The van der Waals surface area contributed by atoms with Gasteiger partial charge in [-0.3, -0.25) is 14.9 Å². The second kappa shape index (κ2) is 5.87. The zero-order valence-corrected chi connectivity index (χ0v) is 11.6. The summed E-state index contributed by atoms with van der Waals surface area (Å²) in [5.74, 6) is -0.244. The standard InChI is InChI=1S/C13H18N4O3/c1-10(18)14-11-3-4-12(13(9-11)17(19)20)16-7-5-15(2)6-8-16/h3-4,9H,5-8H2,1-2H3,(H,14,18). The summed E-state index contributed by atoms with van der Waals surface area (Å²) in [5, 5.41) is 13.8. The molecule has 1 aliphatic heterocycles. The Labute approximate surface area is 117 Å². The van der Waals surface area contributed by atoms with E-state index in [1.807, 2.05) is 11.9 Å². The minimum absolute atomic E-state index is 0.0285. The summed E-state index contributed by atoms with van der Waals surface area (Å²) in [6.45, 7) is 4.66. The normalized spacial score (nSPS) is 16.0. The quantitative estimate of drug-likeness (QED) is 0.666. The van der Waals surface area contributed by atoms with Gasteiger partial charge in [0.2, 0.25) is 5.91 Å². The number of nitro benzene ring substituents is 1. The number of anilines is 2. The average Bonchev–Trinajstić information content (AvgIpc) is 2.39. The lowest BCUT2D eigenvalue weighted by Crippen LogP contribution is -2.44. The highest BCUT2D eigenvalue weighted by Gasteiger charge is 2.23. The minimum Gasteiger partial charge on any atom is -0.363 e. The summed E-state index contributed by atoms with van der Waals surface area (Å²) in [4.78, 5) is 26.0. The van der Waals surface area contributed by atoms with Crippen LogP contribution in [0.2, 0.25) is 0 Å². The first kappa shape index (κ1) is 14.3. The third kappa shape index (κ3) is 3.24. The third-order valence-corrected chi connectivity index (χ3v) is 3.34. The van der Waals surface area contributed by atoms with Crippen LogP contribution in [-0.2, 0) is 4.79 Å². The predicted octanol–water partition coefficient (Wildman–Crippen LogP) is 1.30. The fourth-order valence-corrected chi connectivity index (χ4v) is 2.27. The molecule has 0 aliphatic carbocycles. The van der Waals surface area contributed by atoms with Crippen molar-refractivity contribution in [1.82, 2.24) is 4.90 Å². The van der Waals surface area contributed by atoms with E-state index in [0.29, 0.717) is 11.4 Å². The van der Waals surface area contributed by atoms with Crippen molar-refractivity contribution in [2.24, 2.45) is 0 Å². The highest BCUT2D eigenvalue weighted by molar-refractivity contribution is 5.89. The van der Waals surface area contributed by atoms with Gasteiger partial charge in [0.1, 0.15) is 5.69 Å². The van der Waals surface area contributed by atoms with E-state index in [1.54, 1.807) is 12.1 Å². The van der Waals surface area contributed by atoms with Crippen molar-refractivity contribution in [2.45, 2.75) is 6.92 Å².